The van der Waals surface area contributed by atoms with Gasteiger partial charge in [0.1, 0.15) is 6.10 Å². The van der Waals surface area contributed by atoms with Gasteiger partial charge in [0.25, 0.3) is 5.91 Å². The number of nitrogens with zero attached hydrogens (tertiary/aromatic N) is 2. The van der Waals surface area contributed by atoms with Crippen LogP contribution in [-0.2, 0) is 4.74 Å². The lowest BCUT2D eigenvalue weighted by molar-refractivity contribution is -0.0812. The highest BCUT2D eigenvalue weighted by molar-refractivity contribution is 6.34. The predicted molar refractivity (Wildman–Crippen MR) is 85.4 cm³/mol. The lowest BCUT2D eigenvalue weighted by Crippen LogP contribution is -2.49. The third-order valence-electron chi connectivity index (χ3n) is 4.01. The number of morpholine rings is 1. The van der Waals surface area contributed by atoms with Gasteiger partial charge in [-0.2, -0.15) is 5.10 Å². The summed E-state index contributed by atoms with van der Waals surface area (Å²) < 4.78 is 5.64. The van der Waals surface area contributed by atoms with Crippen molar-refractivity contribution in [2.45, 2.75) is 19.1 Å². The Morgan fingerprint density at radius 3 is 2.83 bits per heavy atom. The Morgan fingerprint density at radius 1 is 1.48 bits per heavy atom. The monoisotopic (exact) mass is 335 g/mol. The lowest BCUT2D eigenvalue weighted by atomic mass is 9.98. The van der Waals surface area contributed by atoms with Gasteiger partial charge in [-0.05, 0) is 12.5 Å². The Labute approximate surface area is 139 Å². The molecule has 1 fully saturated rings. The van der Waals surface area contributed by atoms with Crippen LogP contribution in [0.25, 0.3) is 0 Å². The summed E-state index contributed by atoms with van der Waals surface area (Å²) in [6.45, 7) is 2.37. The molecule has 1 aromatic carbocycles. The van der Waals surface area contributed by atoms with Gasteiger partial charge in [-0.25, -0.2) is 0 Å². The Kier molecular flexibility index (Phi) is 4.66. The first-order valence-electron chi connectivity index (χ1n) is 7.42. The fourth-order valence-corrected chi connectivity index (χ4v) is 3.02. The van der Waals surface area contributed by atoms with Gasteiger partial charge < -0.3 is 14.7 Å². The summed E-state index contributed by atoms with van der Waals surface area (Å²) in [5.41, 5.74) is 1.75. The van der Waals surface area contributed by atoms with Crippen molar-refractivity contribution >= 4 is 17.5 Å². The zero-order chi connectivity index (χ0) is 16.4. The molecule has 2 atom stereocenters. The molecule has 1 saturated heterocycles. The van der Waals surface area contributed by atoms with E-state index in [9.17, 15) is 9.90 Å². The number of ether oxygens (including phenoxy) is 1. The molecule has 23 heavy (non-hydrogen) atoms. The van der Waals surface area contributed by atoms with Crippen LogP contribution in [-0.4, -0.2) is 52.0 Å². The molecule has 6 nitrogen and oxygen atoms in total. The van der Waals surface area contributed by atoms with Gasteiger partial charge >= 0.3 is 0 Å². The van der Waals surface area contributed by atoms with Gasteiger partial charge in [-0.15, -0.1) is 0 Å². The van der Waals surface area contributed by atoms with Gasteiger partial charge in [-0.3, -0.25) is 9.89 Å². The van der Waals surface area contributed by atoms with Crippen LogP contribution in [0, 0.1) is 6.92 Å². The quantitative estimate of drug-likeness (QED) is 0.898. The largest absolute Gasteiger partial charge is 0.394 e. The number of halogens is 1. The first-order valence-corrected chi connectivity index (χ1v) is 7.80. The standard InChI is InChI=1S/C16H18ClN3O3/c1-10-13(17)14(19-18-10)16(22)20-7-8-23-12(9-21)15(20)11-5-3-2-4-6-11/h2-6,12,15,21H,7-9H2,1H3,(H,18,19)/t12-,15-/m1/s1. The number of amides is 1. The molecule has 0 unspecified atom stereocenters. The minimum Gasteiger partial charge on any atom is -0.394 e. The summed E-state index contributed by atoms with van der Waals surface area (Å²) in [6.07, 6.45) is -0.478. The molecule has 1 aliphatic heterocycles. The van der Waals surface area contributed by atoms with Crippen molar-refractivity contribution in [3.63, 3.8) is 0 Å². The molecule has 0 aliphatic carbocycles. The predicted octanol–water partition coefficient (Wildman–Crippen LogP) is 1.95. The molecular weight excluding hydrogens is 318 g/mol. The van der Waals surface area contributed by atoms with Gasteiger partial charge in [-0.1, -0.05) is 41.9 Å². The molecule has 0 radical (unpaired) electrons. The zero-order valence-electron chi connectivity index (χ0n) is 12.7. The molecule has 2 N–H and O–H groups in total. The summed E-state index contributed by atoms with van der Waals surface area (Å²) in [6, 6.07) is 9.15. The molecule has 1 amide bonds. The number of carbonyl (C=O) groups excluding carboxylic acids is 1. The summed E-state index contributed by atoms with van der Waals surface area (Å²) >= 11 is 6.16. The van der Waals surface area contributed by atoms with Crippen LogP contribution < -0.4 is 0 Å². The van der Waals surface area contributed by atoms with E-state index >= 15 is 0 Å². The number of benzene rings is 1. The second kappa shape index (κ2) is 6.70. The molecule has 1 aromatic heterocycles. The van der Waals surface area contributed by atoms with E-state index in [1.807, 2.05) is 30.3 Å². The fourth-order valence-electron chi connectivity index (χ4n) is 2.85. The van der Waals surface area contributed by atoms with Crippen LogP contribution in [0.15, 0.2) is 30.3 Å². The van der Waals surface area contributed by atoms with Crippen LogP contribution >= 0.6 is 11.6 Å². The topological polar surface area (TPSA) is 78.5 Å². The number of aromatic nitrogens is 2. The van der Waals surface area contributed by atoms with E-state index in [1.165, 1.54) is 0 Å². The Balaban J connectivity index is 1.97. The van der Waals surface area contributed by atoms with Crippen molar-refractivity contribution < 1.29 is 14.6 Å². The number of rotatable bonds is 3. The summed E-state index contributed by atoms with van der Waals surface area (Å²) in [5, 5.41) is 16.7. The number of aliphatic hydroxyl groups is 1. The van der Waals surface area contributed by atoms with Crippen molar-refractivity contribution in [3.05, 3.63) is 52.3 Å². The molecule has 2 heterocycles. The van der Waals surface area contributed by atoms with Crippen LogP contribution in [0.4, 0.5) is 0 Å². The van der Waals surface area contributed by atoms with Crippen molar-refractivity contribution in [1.29, 1.82) is 0 Å². The molecule has 122 valence electrons. The number of nitrogens with one attached hydrogen (secondary N) is 1. The summed E-state index contributed by atoms with van der Waals surface area (Å²) in [7, 11) is 0. The number of hydrogen-bond acceptors (Lipinski definition) is 4. The third kappa shape index (κ3) is 2.97. The fraction of sp³-hybridized carbons (Fsp3) is 0.375. The van der Waals surface area contributed by atoms with Gasteiger partial charge in [0, 0.05) is 6.54 Å². The van der Waals surface area contributed by atoms with E-state index in [-0.39, 0.29) is 24.2 Å². The Hall–Kier alpha value is -1.89. The second-order valence-electron chi connectivity index (χ2n) is 5.46. The highest BCUT2D eigenvalue weighted by atomic mass is 35.5. The van der Waals surface area contributed by atoms with E-state index in [0.29, 0.717) is 23.9 Å². The van der Waals surface area contributed by atoms with E-state index in [1.54, 1.807) is 11.8 Å². The molecule has 7 heteroatoms. The van der Waals surface area contributed by atoms with Gasteiger partial charge in [0.05, 0.1) is 30.0 Å². The molecule has 0 saturated carbocycles. The second-order valence-corrected chi connectivity index (χ2v) is 5.84. The minimum absolute atomic E-state index is 0.170. The smallest absolute Gasteiger partial charge is 0.276 e. The number of carbonyl (C=O) groups is 1. The number of H-pyrrole nitrogens is 1. The van der Waals surface area contributed by atoms with E-state index < -0.39 is 6.10 Å². The molecule has 1 aliphatic rings. The van der Waals surface area contributed by atoms with Crippen molar-refractivity contribution in [2.24, 2.45) is 0 Å². The number of aliphatic hydroxyl groups excluding tert-OH is 1. The van der Waals surface area contributed by atoms with Crippen LogP contribution in [0.1, 0.15) is 27.8 Å². The van der Waals surface area contributed by atoms with Crippen LogP contribution in [0.3, 0.4) is 0 Å². The van der Waals surface area contributed by atoms with E-state index in [0.717, 1.165) is 5.56 Å². The molecule has 0 spiro atoms. The first-order chi connectivity index (χ1) is 11.1. The van der Waals surface area contributed by atoms with Gasteiger partial charge in [0.15, 0.2) is 5.69 Å². The Morgan fingerprint density at radius 2 is 2.22 bits per heavy atom. The number of hydrogen-bond donors (Lipinski definition) is 2. The van der Waals surface area contributed by atoms with Crippen molar-refractivity contribution in [3.8, 4) is 0 Å². The molecule has 2 aromatic rings. The lowest BCUT2D eigenvalue weighted by Gasteiger charge is -2.40. The molecule has 3 rings (SSSR count). The molecular formula is C16H18ClN3O3. The maximum atomic E-state index is 12.9. The van der Waals surface area contributed by atoms with E-state index in [4.69, 9.17) is 16.3 Å². The van der Waals surface area contributed by atoms with Crippen LogP contribution in [0.5, 0.6) is 0 Å². The summed E-state index contributed by atoms with van der Waals surface area (Å²) in [5.74, 6) is -0.269. The third-order valence-corrected chi connectivity index (χ3v) is 4.47. The van der Waals surface area contributed by atoms with Crippen LogP contribution in [0.2, 0.25) is 5.02 Å². The maximum Gasteiger partial charge on any atom is 0.276 e. The minimum atomic E-state index is -0.478. The average Bonchev–Trinajstić information content (AvgIpc) is 2.93. The highest BCUT2D eigenvalue weighted by Crippen LogP contribution is 2.31. The first kappa shape index (κ1) is 16.0. The SMILES string of the molecule is Cc1[nH]nc(C(=O)N2CCO[C@H](CO)[C@H]2c2ccccc2)c1Cl. The van der Waals surface area contributed by atoms with E-state index in [2.05, 4.69) is 10.2 Å². The maximum absolute atomic E-state index is 12.9. The highest BCUT2D eigenvalue weighted by Gasteiger charge is 2.37. The number of aromatic amines is 1. The van der Waals surface area contributed by atoms with Gasteiger partial charge in [0.2, 0.25) is 0 Å². The summed E-state index contributed by atoms with van der Waals surface area (Å²) in [4.78, 5) is 14.6. The Bertz CT molecular complexity index is 689. The van der Waals surface area contributed by atoms with Crippen molar-refractivity contribution in [1.82, 2.24) is 15.1 Å². The molecule has 0 bridgehead atoms. The normalized spacial score (nSPS) is 21.4. The zero-order valence-corrected chi connectivity index (χ0v) is 13.5. The number of aryl methyl sites for hydroxylation is 1. The average molecular weight is 336 g/mol. The van der Waals surface area contributed by atoms with Crippen molar-refractivity contribution in [2.75, 3.05) is 19.8 Å².